The van der Waals surface area contributed by atoms with Gasteiger partial charge in [0.25, 0.3) is 0 Å². The van der Waals surface area contributed by atoms with Gasteiger partial charge < -0.3 is 15.7 Å². The first-order chi connectivity index (χ1) is 8.79. The third-order valence-corrected chi connectivity index (χ3v) is 2.47. The second-order valence-electron chi connectivity index (χ2n) is 3.76. The highest BCUT2D eigenvalue weighted by Crippen LogP contribution is 2.15. The molecule has 4 heteroatoms. The highest BCUT2D eigenvalue weighted by Gasteiger charge is 2.05. The van der Waals surface area contributed by atoms with Crippen molar-refractivity contribution in [3.8, 4) is 0 Å². The van der Waals surface area contributed by atoms with Crippen LogP contribution in [0.5, 0.6) is 0 Å². The monoisotopic (exact) mass is 242 g/mol. The van der Waals surface area contributed by atoms with Gasteiger partial charge in [-0.3, -0.25) is 0 Å². The fraction of sp³-hybridized carbons (Fsp3) is 0.0714. The Morgan fingerprint density at radius 2 is 1.61 bits per heavy atom. The Labute approximate surface area is 105 Å². The first-order valence-corrected chi connectivity index (χ1v) is 5.61. The summed E-state index contributed by atoms with van der Waals surface area (Å²) in [5.74, 6) is 0. The molecule has 0 heterocycles. The maximum absolute atomic E-state index is 11.7. The average Bonchev–Trinajstić information content (AvgIpc) is 2.40. The molecule has 2 aromatic carbocycles. The first kappa shape index (κ1) is 12.1. The Morgan fingerprint density at radius 3 is 2.33 bits per heavy atom. The van der Waals surface area contributed by atoms with Crippen LogP contribution in [0.15, 0.2) is 54.6 Å². The van der Waals surface area contributed by atoms with Crippen LogP contribution in [0.25, 0.3) is 0 Å². The second kappa shape index (κ2) is 5.84. The molecule has 0 spiro atoms. The van der Waals surface area contributed by atoms with E-state index in [0.717, 1.165) is 5.69 Å². The van der Waals surface area contributed by atoms with Crippen molar-refractivity contribution in [2.45, 2.75) is 6.61 Å². The zero-order valence-corrected chi connectivity index (χ0v) is 9.76. The third-order valence-electron chi connectivity index (χ3n) is 2.47. The number of amides is 2. The van der Waals surface area contributed by atoms with Gasteiger partial charge >= 0.3 is 6.03 Å². The third kappa shape index (κ3) is 3.09. The molecule has 3 N–H and O–H groups in total. The van der Waals surface area contributed by atoms with Gasteiger partial charge in [-0.2, -0.15) is 0 Å². The maximum Gasteiger partial charge on any atom is 0.323 e. The topological polar surface area (TPSA) is 61.4 Å². The van der Waals surface area contributed by atoms with Crippen LogP contribution in [0.3, 0.4) is 0 Å². The van der Waals surface area contributed by atoms with Gasteiger partial charge in [-0.1, -0.05) is 36.4 Å². The summed E-state index contributed by atoms with van der Waals surface area (Å²) < 4.78 is 0. The van der Waals surface area contributed by atoms with E-state index in [1.807, 2.05) is 24.3 Å². The smallest absolute Gasteiger partial charge is 0.323 e. The number of rotatable bonds is 3. The molecule has 92 valence electrons. The minimum absolute atomic E-state index is 0.109. The van der Waals surface area contributed by atoms with Crippen molar-refractivity contribution in [1.29, 1.82) is 0 Å². The zero-order chi connectivity index (χ0) is 12.8. The van der Waals surface area contributed by atoms with E-state index in [0.29, 0.717) is 11.3 Å². The van der Waals surface area contributed by atoms with Crippen molar-refractivity contribution in [2.24, 2.45) is 0 Å². The number of urea groups is 1. The number of nitrogens with one attached hydrogen (secondary N) is 2. The molecule has 0 fully saturated rings. The predicted octanol–water partition coefficient (Wildman–Crippen LogP) is 2.82. The van der Waals surface area contributed by atoms with Gasteiger partial charge in [0.2, 0.25) is 0 Å². The predicted molar refractivity (Wildman–Crippen MR) is 71.4 cm³/mol. The van der Waals surface area contributed by atoms with Gasteiger partial charge in [-0.05, 0) is 18.2 Å². The molecule has 2 aromatic rings. The van der Waals surface area contributed by atoms with Crippen LogP contribution in [-0.2, 0) is 6.61 Å². The highest BCUT2D eigenvalue weighted by molar-refractivity contribution is 6.00. The van der Waals surface area contributed by atoms with E-state index in [1.54, 1.807) is 30.3 Å². The molecule has 0 aliphatic carbocycles. The Bertz CT molecular complexity index is 526. The van der Waals surface area contributed by atoms with E-state index in [9.17, 15) is 4.79 Å². The number of aliphatic hydroxyl groups is 1. The van der Waals surface area contributed by atoms with Crippen LogP contribution >= 0.6 is 0 Å². The summed E-state index contributed by atoms with van der Waals surface area (Å²) >= 11 is 0. The molecule has 0 aliphatic heterocycles. The fourth-order valence-corrected chi connectivity index (χ4v) is 1.59. The Balaban J connectivity index is 2.03. The molecule has 0 bridgehead atoms. The van der Waals surface area contributed by atoms with Crippen molar-refractivity contribution in [2.75, 3.05) is 10.6 Å². The van der Waals surface area contributed by atoms with Gasteiger partial charge in [-0.25, -0.2) is 4.79 Å². The molecule has 0 saturated heterocycles. The molecule has 0 atom stereocenters. The van der Waals surface area contributed by atoms with Crippen LogP contribution < -0.4 is 10.6 Å². The van der Waals surface area contributed by atoms with E-state index in [2.05, 4.69) is 10.6 Å². The Hall–Kier alpha value is -2.33. The quantitative estimate of drug-likeness (QED) is 0.775. The molecule has 0 saturated carbocycles. The van der Waals surface area contributed by atoms with E-state index in [1.165, 1.54) is 0 Å². The summed E-state index contributed by atoms with van der Waals surface area (Å²) in [5, 5.41) is 14.6. The van der Waals surface area contributed by atoms with Gasteiger partial charge in [0.15, 0.2) is 0 Å². The summed E-state index contributed by atoms with van der Waals surface area (Å²) in [7, 11) is 0. The molecule has 0 radical (unpaired) electrons. The average molecular weight is 242 g/mol. The number of anilines is 2. The lowest BCUT2D eigenvalue weighted by molar-refractivity contribution is 0.262. The molecule has 0 aliphatic rings. The summed E-state index contributed by atoms with van der Waals surface area (Å²) in [6.07, 6.45) is 0. The first-order valence-electron chi connectivity index (χ1n) is 5.61. The van der Waals surface area contributed by atoms with Crippen LogP contribution in [0.1, 0.15) is 5.56 Å². The summed E-state index contributed by atoms with van der Waals surface area (Å²) in [5.41, 5.74) is 2.01. The minimum Gasteiger partial charge on any atom is -0.392 e. The molecule has 2 amide bonds. The van der Waals surface area contributed by atoms with Crippen molar-refractivity contribution < 1.29 is 9.90 Å². The maximum atomic E-state index is 11.7. The SMILES string of the molecule is O=C(Nc1ccccc1)Nc1ccccc1CO. The van der Waals surface area contributed by atoms with Crippen molar-refractivity contribution >= 4 is 17.4 Å². The number of hydrogen-bond acceptors (Lipinski definition) is 2. The van der Waals surface area contributed by atoms with Gasteiger partial charge in [0.1, 0.15) is 0 Å². The summed E-state index contributed by atoms with van der Waals surface area (Å²) in [4.78, 5) is 11.7. The van der Waals surface area contributed by atoms with Crippen LogP contribution in [0.4, 0.5) is 16.2 Å². The van der Waals surface area contributed by atoms with Gasteiger partial charge in [0.05, 0.1) is 6.61 Å². The van der Waals surface area contributed by atoms with Crippen LogP contribution in [-0.4, -0.2) is 11.1 Å². The Morgan fingerprint density at radius 1 is 0.944 bits per heavy atom. The lowest BCUT2D eigenvalue weighted by Gasteiger charge is -2.10. The largest absolute Gasteiger partial charge is 0.392 e. The summed E-state index contributed by atoms with van der Waals surface area (Å²) in [6, 6.07) is 16.0. The molecular weight excluding hydrogens is 228 g/mol. The van der Waals surface area contributed by atoms with E-state index in [4.69, 9.17) is 5.11 Å². The van der Waals surface area contributed by atoms with E-state index in [-0.39, 0.29) is 12.6 Å². The number of carbonyl (C=O) groups is 1. The van der Waals surface area contributed by atoms with E-state index >= 15 is 0 Å². The Kier molecular flexibility index (Phi) is 3.94. The standard InChI is InChI=1S/C14H14N2O2/c17-10-11-6-4-5-9-13(11)16-14(18)15-12-7-2-1-3-8-12/h1-9,17H,10H2,(H2,15,16,18). The minimum atomic E-state index is -0.331. The molecule has 18 heavy (non-hydrogen) atoms. The molecule has 4 nitrogen and oxygen atoms in total. The van der Waals surface area contributed by atoms with Crippen molar-refractivity contribution in [1.82, 2.24) is 0 Å². The number of hydrogen-bond donors (Lipinski definition) is 3. The number of benzene rings is 2. The molecular formula is C14H14N2O2. The van der Waals surface area contributed by atoms with Crippen molar-refractivity contribution in [3.63, 3.8) is 0 Å². The molecule has 0 unspecified atom stereocenters. The molecule has 0 aromatic heterocycles. The van der Waals surface area contributed by atoms with E-state index < -0.39 is 0 Å². The van der Waals surface area contributed by atoms with Gasteiger partial charge in [-0.15, -0.1) is 0 Å². The van der Waals surface area contributed by atoms with Gasteiger partial charge in [0, 0.05) is 16.9 Å². The summed E-state index contributed by atoms with van der Waals surface area (Å²) in [6.45, 7) is -0.109. The lowest BCUT2D eigenvalue weighted by atomic mass is 10.2. The normalized spacial score (nSPS) is 9.83. The fourth-order valence-electron chi connectivity index (χ4n) is 1.59. The number of aliphatic hydroxyl groups excluding tert-OH is 1. The molecule has 2 rings (SSSR count). The number of para-hydroxylation sites is 2. The van der Waals surface area contributed by atoms with Crippen LogP contribution in [0, 0.1) is 0 Å². The van der Waals surface area contributed by atoms with Crippen LogP contribution in [0.2, 0.25) is 0 Å². The van der Waals surface area contributed by atoms with Crippen molar-refractivity contribution in [3.05, 3.63) is 60.2 Å². The zero-order valence-electron chi connectivity index (χ0n) is 9.76. The second-order valence-corrected chi connectivity index (χ2v) is 3.76. The lowest BCUT2D eigenvalue weighted by Crippen LogP contribution is -2.20. The number of carbonyl (C=O) groups excluding carboxylic acids is 1. The highest BCUT2D eigenvalue weighted by atomic mass is 16.3.